The van der Waals surface area contributed by atoms with Crippen molar-refractivity contribution in [3.63, 3.8) is 0 Å². The summed E-state index contributed by atoms with van der Waals surface area (Å²) in [5.74, 6) is -0.792. The second-order valence-corrected chi connectivity index (χ2v) is 20.3. The van der Waals surface area contributed by atoms with Crippen LogP contribution >= 0.6 is 15.6 Å². The summed E-state index contributed by atoms with van der Waals surface area (Å²) in [7, 11) is -10.9. The van der Waals surface area contributed by atoms with Gasteiger partial charge in [0.2, 0.25) is 0 Å². The van der Waals surface area contributed by atoms with Crippen molar-refractivity contribution in [2.45, 2.75) is 186 Å². The van der Waals surface area contributed by atoms with Crippen LogP contribution in [0.4, 0.5) is 5.82 Å². The lowest BCUT2D eigenvalue weighted by molar-refractivity contribution is -0.161. The van der Waals surface area contributed by atoms with E-state index in [1.54, 1.807) is 12.2 Å². The fraction of sp³-hybridized carbons (Fsp3) is 0.702. The van der Waals surface area contributed by atoms with Gasteiger partial charge in [-0.25, -0.2) is 13.9 Å². The first-order valence-electron chi connectivity index (χ1n) is 24.1. The smallest absolute Gasteiger partial charge is 0.462 e. The van der Waals surface area contributed by atoms with Crippen LogP contribution in [0, 0.1) is 5.92 Å². The first kappa shape index (κ1) is 60.8. The molecule has 0 saturated carbocycles. The van der Waals surface area contributed by atoms with Crippen LogP contribution in [0.5, 0.6) is 0 Å². The highest BCUT2D eigenvalue weighted by atomic mass is 31.3. The molecule has 2 heterocycles. The van der Waals surface area contributed by atoms with Gasteiger partial charge < -0.3 is 45.1 Å². The van der Waals surface area contributed by atoms with E-state index in [0.717, 1.165) is 68.0 Å². The van der Waals surface area contributed by atoms with Gasteiger partial charge in [-0.1, -0.05) is 140 Å². The van der Waals surface area contributed by atoms with Gasteiger partial charge in [-0.05, 0) is 56.9 Å². The Morgan fingerprint density at radius 1 is 0.809 bits per heavy atom. The highest BCUT2D eigenvalue weighted by Crippen LogP contribution is 2.60. The monoisotopic (exact) mass is 1000 g/mol. The maximum atomic E-state index is 12.8. The van der Waals surface area contributed by atoms with Gasteiger partial charge in [-0.3, -0.25) is 23.2 Å². The molecule has 1 aliphatic rings. The van der Waals surface area contributed by atoms with Crippen LogP contribution in [0.3, 0.4) is 0 Å². The Hall–Kier alpha value is -3.32. The van der Waals surface area contributed by atoms with E-state index in [2.05, 4.69) is 54.4 Å². The fourth-order valence-corrected chi connectivity index (χ4v) is 9.00. The predicted octanol–water partition coefficient (Wildman–Crippen LogP) is 8.21. The third-order valence-corrected chi connectivity index (χ3v) is 13.3. The molecule has 0 amide bonds. The number of unbranched alkanes of at least 4 members (excludes halogenated alkanes) is 11. The molecule has 1 saturated heterocycles. The van der Waals surface area contributed by atoms with E-state index in [0.29, 0.717) is 6.42 Å². The van der Waals surface area contributed by atoms with Gasteiger partial charge in [0.15, 0.2) is 12.3 Å². The van der Waals surface area contributed by atoms with E-state index < -0.39 is 89.8 Å². The van der Waals surface area contributed by atoms with Crippen molar-refractivity contribution in [1.82, 2.24) is 9.55 Å². The molecular weight excluding hydrogens is 924 g/mol. The van der Waals surface area contributed by atoms with Crippen molar-refractivity contribution in [3.8, 4) is 0 Å². The number of nitrogens with zero attached hydrogens (tertiary/aromatic N) is 2. The molecule has 8 atom stereocenters. The Morgan fingerprint density at radius 3 is 2.12 bits per heavy atom. The van der Waals surface area contributed by atoms with Crippen molar-refractivity contribution in [1.29, 1.82) is 0 Å². The van der Waals surface area contributed by atoms with Crippen molar-refractivity contribution in [2.24, 2.45) is 5.92 Å². The van der Waals surface area contributed by atoms with Crippen LogP contribution in [-0.2, 0) is 46.3 Å². The summed E-state index contributed by atoms with van der Waals surface area (Å²) < 4.78 is 56.5. The van der Waals surface area contributed by atoms with Crippen LogP contribution in [0.15, 0.2) is 65.7 Å². The lowest BCUT2D eigenvalue weighted by Crippen LogP contribution is -2.36. The average Bonchev–Trinajstić information content (AvgIpc) is 3.55. The summed E-state index contributed by atoms with van der Waals surface area (Å²) in [5, 5.41) is 31.2. The van der Waals surface area contributed by atoms with E-state index >= 15 is 0 Å². The van der Waals surface area contributed by atoms with Crippen molar-refractivity contribution < 1.29 is 71.4 Å². The number of aliphatic hydroxyl groups is 3. The number of nitrogens with two attached hydrogens (primary N) is 1. The third-order valence-electron chi connectivity index (χ3n) is 10.7. The summed E-state index contributed by atoms with van der Waals surface area (Å²) in [6.45, 7) is 4.17. The first-order chi connectivity index (χ1) is 32.4. The number of rotatable bonds is 38. The van der Waals surface area contributed by atoms with Gasteiger partial charge >= 0.3 is 33.3 Å². The van der Waals surface area contributed by atoms with Crippen LogP contribution < -0.4 is 11.4 Å². The van der Waals surface area contributed by atoms with Crippen LogP contribution in [0.25, 0.3) is 0 Å². The number of hydrogen-bond acceptors (Lipinski definition) is 16. The van der Waals surface area contributed by atoms with E-state index in [1.807, 2.05) is 12.2 Å². The lowest BCUT2D eigenvalue weighted by atomic mass is 10.0. The Bertz CT molecular complexity index is 1860. The number of phosphoric ester groups is 2. The molecule has 2 unspecified atom stereocenters. The van der Waals surface area contributed by atoms with E-state index in [4.69, 9.17) is 29.0 Å². The fourth-order valence-electron chi connectivity index (χ4n) is 6.89. The topological polar surface area (TPSA) is 286 Å². The minimum absolute atomic E-state index is 0.00881. The standard InChI is InChI=1S/C47H79N3O16P2/c1-4-5-6-7-8-9-10-11-12-15-18-21-24-28-38(51)29-26-31-42(52)61-34-39(64-43(53)30-25-22-19-16-13-14-17-20-23-27-37(2)3)35-62-67(57,58)66-68(59,60)63-36-40-44(54)45(55)46(65-40)50-33-32-41(48)49-47(50)56/h8-9,11-12,18,21,24,28,32-33,37-40,44-46,51,54-55H,4-7,10,13-17,19-20,22-23,25-27,29-31,34-36H2,1-3H3,(H,57,58)(H,59,60)(H2,48,49,56)/b9-8-,12-11-,21-18-,28-24+/t38-,39-,40-,44-,45-,46-/m1/s1. The van der Waals surface area contributed by atoms with E-state index in [-0.39, 0.29) is 31.5 Å². The number of aliphatic hydroxyl groups excluding tert-OH is 3. The molecule has 19 nitrogen and oxygen atoms in total. The van der Waals surface area contributed by atoms with E-state index in [1.165, 1.54) is 51.0 Å². The van der Waals surface area contributed by atoms with Gasteiger partial charge in [0.05, 0.1) is 19.3 Å². The Kier molecular flexibility index (Phi) is 31.2. The molecule has 388 valence electrons. The highest BCUT2D eigenvalue weighted by Gasteiger charge is 2.46. The molecule has 1 aromatic rings. The zero-order valence-electron chi connectivity index (χ0n) is 40.2. The number of nitrogen functional groups attached to an aromatic ring is 1. The largest absolute Gasteiger partial charge is 0.481 e. The average molecular weight is 1000 g/mol. The summed E-state index contributed by atoms with van der Waals surface area (Å²) >= 11 is 0. The first-order valence-corrected chi connectivity index (χ1v) is 27.1. The number of ether oxygens (including phenoxy) is 3. The minimum Gasteiger partial charge on any atom is -0.462 e. The number of esters is 2. The Labute approximate surface area is 402 Å². The molecule has 0 spiro atoms. The highest BCUT2D eigenvalue weighted by molar-refractivity contribution is 7.61. The van der Waals surface area contributed by atoms with E-state index in [9.17, 15) is 48.6 Å². The van der Waals surface area contributed by atoms with Crippen LogP contribution in [0.1, 0.15) is 155 Å². The molecule has 0 aliphatic carbocycles. The number of aromatic nitrogens is 2. The second kappa shape index (κ2) is 34.9. The molecule has 68 heavy (non-hydrogen) atoms. The van der Waals surface area contributed by atoms with Crippen molar-refractivity contribution in [3.05, 3.63) is 71.4 Å². The number of phosphoric acid groups is 2. The summed E-state index contributed by atoms with van der Waals surface area (Å²) in [4.78, 5) is 61.8. The molecule has 1 fully saturated rings. The molecule has 0 aromatic carbocycles. The maximum Gasteiger partial charge on any atom is 0.481 e. The number of carbonyl (C=O) groups is 2. The van der Waals surface area contributed by atoms with Crippen LogP contribution in [0.2, 0.25) is 0 Å². The third kappa shape index (κ3) is 28.4. The summed E-state index contributed by atoms with van der Waals surface area (Å²) in [6, 6.07) is 1.24. The number of allylic oxidation sites excluding steroid dienone is 7. The number of carbonyl (C=O) groups excluding carboxylic acids is 2. The van der Waals surface area contributed by atoms with Gasteiger partial charge in [0.25, 0.3) is 0 Å². The zero-order chi connectivity index (χ0) is 50.2. The van der Waals surface area contributed by atoms with Crippen LogP contribution in [-0.4, -0.2) is 96.9 Å². The van der Waals surface area contributed by atoms with Gasteiger partial charge in [-0.15, -0.1) is 0 Å². The zero-order valence-corrected chi connectivity index (χ0v) is 42.0. The Morgan fingerprint density at radius 2 is 1.44 bits per heavy atom. The number of hydrogen-bond donors (Lipinski definition) is 6. The SMILES string of the molecule is CCCCC/C=C\C/C=C\C/C=C\C=C\[C@@H](O)CCCC(=O)OC[C@H](COP(=O)(O)OP(=O)(O)OC[C@H]1O[C@@H](n2ccc(N)nc2=O)[C@H](O)[C@@H]1O)OC(=O)CCCCCCCCCCCC(C)C. The van der Waals surface area contributed by atoms with Gasteiger partial charge in [0.1, 0.15) is 30.7 Å². The van der Waals surface area contributed by atoms with Gasteiger partial charge in [0, 0.05) is 19.0 Å². The lowest BCUT2D eigenvalue weighted by Gasteiger charge is -2.21. The van der Waals surface area contributed by atoms with Gasteiger partial charge in [-0.2, -0.15) is 9.29 Å². The normalized spacial score (nSPS) is 20.4. The molecule has 0 bridgehead atoms. The van der Waals surface area contributed by atoms with Crippen molar-refractivity contribution in [2.75, 3.05) is 25.6 Å². The second-order valence-electron chi connectivity index (χ2n) is 17.3. The Balaban J connectivity index is 1.87. The summed E-state index contributed by atoms with van der Waals surface area (Å²) in [6.07, 6.45) is 25.4. The number of anilines is 1. The minimum atomic E-state index is -5.46. The molecule has 0 radical (unpaired) electrons. The summed E-state index contributed by atoms with van der Waals surface area (Å²) in [5.41, 5.74) is 4.57. The molecule has 1 aliphatic heterocycles. The molecule has 2 rings (SSSR count). The predicted molar refractivity (Wildman–Crippen MR) is 258 cm³/mol. The van der Waals surface area contributed by atoms with Crippen molar-refractivity contribution >= 4 is 33.4 Å². The molecule has 21 heteroatoms. The quantitative estimate of drug-likeness (QED) is 0.0120. The molecule has 1 aromatic heterocycles. The molecular formula is C47H79N3O16P2. The molecule has 7 N–H and O–H groups in total. The maximum absolute atomic E-state index is 12.8.